The van der Waals surface area contributed by atoms with E-state index in [0.717, 1.165) is 36.6 Å². The molecule has 6 nitrogen and oxygen atoms in total. The summed E-state index contributed by atoms with van der Waals surface area (Å²) in [5.74, 6) is 8.26. The Morgan fingerprint density at radius 3 is 2.81 bits per heavy atom. The summed E-state index contributed by atoms with van der Waals surface area (Å²) in [5, 5.41) is 3.32. The molecule has 0 radical (unpaired) electrons. The molecule has 2 heterocycles. The molecule has 6 heteroatoms. The first kappa shape index (κ1) is 13.8. The number of nitrogen functional groups attached to an aromatic ring is 1. The number of aromatic nitrogens is 3. The number of aryl methyl sites for hydroxylation is 1. The van der Waals surface area contributed by atoms with Gasteiger partial charge in [0.1, 0.15) is 17.5 Å². The molecule has 0 atom stereocenters. The molecule has 110 valence electrons. The van der Waals surface area contributed by atoms with E-state index in [2.05, 4.69) is 38.7 Å². The molecule has 21 heavy (non-hydrogen) atoms. The zero-order valence-corrected chi connectivity index (χ0v) is 12.1. The van der Waals surface area contributed by atoms with Crippen molar-refractivity contribution in [2.45, 2.75) is 38.6 Å². The van der Waals surface area contributed by atoms with Crippen LogP contribution in [0.25, 0.3) is 0 Å². The van der Waals surface area contributed by atoms with E-state index in [-0.39, 0.29) is 0 Å². The maximum absolute atomic E-state index is 5.48. The first-order valence-corrected chi connectivity index (χ1v) is 7.32. The molecular formula is C15H20N6. The van der Waals surface area contributed by atoms with Gasteiger partial charge in [0, 0.05) is 18.2 Å². The molecule has 1 aliphatic rings. The van der Waals surface area contributed by atoms with Crippen LogP contribution in [0.3, 0.4) is 0 Å². The van der Waals surface area contributed by atoms with E-state index in [1.165, 1.54) is 5.56 Å². The standard InChI is InChI=1S/C15H20N6/c1-2-10-4-3-7-17-12(10)9-18-13-8-14(21-16)20-15(19-13)11-5-6-11/h3-4,7-8,11H,2,5-6,9,16H2,1H3,(H2,18,19,20,21). The monoisotopic (exact) mass is 284 g/mol. The fourth-order valence-electron chi connectivity index (χ4n) is 2.28. The number of hydrogen-bond donors (Lipinski definition) is 3. The van der Waals surface area contributed by atoms with Gasteiger partial charge in [-0.25, -0.2) is 15.8 Å². The van der Waals surface area contributed by atoms with Gasteiger partial charge in [0.2, 0.25) is 0 Å². The first-order valence-electron chi connectivity index (χ1n) is 7.32. The molecule has 4 N–H and O–H groups in total. The zero-order chi connectivity index (χ0) is 14.7. The van der Waals surface area contributed by atoms with Gasteiger partial charge in [-0.2, -0.15) is 0 Å². The lowest BCUT2D eigenvalue weighted by Crippen LogP contribution is -2.12. The average molecular weight is 284 g/mol. The number of pyridine rings is 1. The van der Waals surface area contributed by atoms with Crippen LogP contribution in [0.2, 0.25) is 0 Å². The van der Waals surface area contributed by atoms with E-state index in [9.17, 15) is 0 Å². The van der Waals surface area contributed by atoms with Gasteiger partial charge in [-0.1, -0.05) is 13.0 Å². The summed E-state index contributed by atoms with van der Waals surface area (Å²) in [6.45, 7) is 2.78. The van der Waals surface area contributed by atoms with Crippen LogP contribution in [0.15, 0.2) is 24.4 Å². The van der Waals surface area contributed by atoms with Crippen molar-refractivity contribution in [3.05, 3.63) is 41.5 Å². The van der Waals surface area contributed by atoms with Gasteiger partial charge in [0.05, 0.1) is 12.2 Å². The maximum atomic E-state index is 5.48. The van der Waals surface area contributed by atoms with Crippen LogP contribution in [0, 0.1) is 0 Å². The van der Waals surface area contributed by atoms with Gasteiger partial charge in [-0.3, -0.25) is 4.98 Å². The largest absolute Gasteiger partial charge is 0.364 e. The molecule has 1 fully saturated rings. The molecule has 2 aromatic rings. The van der Waals surface area contributed by atoms with Crippen molar-refractivity contribution >= 4 is 11.6 Å². The molecule has 3 rings (SSSR count). The van der Waals surface area contributed by atoms with Crippen LogP contribution < -0.4 is 16.6 Å². The minimum atomic E-state index is 0.486. The fraction of sp³-hybridized carbons (Fsp3) is 0.400. The van der Waals surface area contributed by atoms with E-state index in [1.807, 2.05) is 18.3 Å². The third kappa shape index (κ3) is 3.28. The summed E-state index contributed by atoms with van der Waals surface area (Å²) in [6.07, 6.45) is 5.11. The SMILES string of the molecule is CCc1cccnc1CNc1cc(NN)nc(C2CC2)n1. The van der Waals surface area contributed by atoms with Crippen molar-refractivity contribution in [3.8, 4) is 0 Å². The van der Waals surface area contributed by atoms with Gasteiger partial charge in [0.15, 0.2) is 0 Å². The summed E-state index contributed by atoms with van der Waals surface area (Å²) in [7, 11) is 0. The number of hydrogen-bond acceptors (Lipinski definition) is 6. The molecule has 0 aliphatic heterocycles. The second kappa shape index (κ2) is 6.05. The molecule has 0 aromatic carbocycles. The van der Waals surface area contributed by atoms with Gasteiger partial charge >= 0.3 is 0 Å². The van der Waals surface area contributed by atoms with Crippen LogP contribution in [0.1, 0.15) is 42.8 Å². The predicted octanol–water partition coefficient (Wildman–Crippen LogP) is 2.21. The molecule has 0 spiro atoms. The van der Waals surface area contributed by atoms with Crippen molar-refractivity contribution in [1.29, 1.82) is 0 Å². The van der Waals surface area contributed by atoms with Crippen molar-refractivity contribution in [3.63, 3.8) is 0 Å². The number of nitrogens with zero attached hydrogens (tertiary/aromatic N) is 3. The van der Waals surface area contributed by atoms with E-state index >= 15 is 0 Å². The minimum absolute atomic E-state index is 0.486. The Hall–Kier alpha value is -2.21. The van der Waals surface area contributed by atoms with E-state index in [4.69, 9.17) is 5.84 Å². The Kier molecular flexibility index (Phi) is 3.96. The highest BCUT2D eigenvalue weighted by molar-refractivity contribution is 5.47. The number of rotatable bonds is 6. The van der Waals surface area contributed by atoms with Crippen LogP contribution in [-0.2, 0) is 13.0 Å². The second-order valence-electron chi connectivity index (χ2n) is 5.23. The zero-order valence-electron chi connectivity index (χ0n) is 12.1. The molecule has 1 aliphatic carbocycles. The second-order valence-corrected chi connectivity index (χ2v) is 5.23. The summed E-state index contributed by atoms with van der Waals surface area (Å²) >= 11 is 0. The average Bonchev–Trinajstić information content (AvgIpc) is 3.37. The smallest absolute Gasteiger partial charge is 0.145 e. The Balaban J connectivity index is 1.76. The molecule has 0 saturated heterocycles. The highest BCUT2D eigenvalue weighted by Gasteiger charge is 2.27. The van der Waals surface area contributed by atoms with Crippen LogP contribution in [-0.4, -0.2) is 15.0 Å². The Morgan fingerprint density at radius 1 is 1.29 bits per heavy atom. The third-order valence-corrected chi connectivity index (χ3v) is 3.64. The van der Waals surface area contributed by atoms with Crippen molar-refractivity contribution in [2.75, 3.05) is 10.7 Å². The highest BCUT2D eigenvalue weighted by Crippen LogP contribution is 2.38. The molecular weight excluding hydrogens is 264 g/mol. The summed E-state index contributed by atoms with van der Waals surface area (Å²) in [6, 6.07) is 5.89. The third-order valence-electron chi connectivity index (χ3n) is 3.64. The lowest BCUT2D eigenvalue weighted by molar-refractivity contribution is 0.909. The van der Waals surface area contributed by atoms with Gasteiger partial charge in [-0.05, 0) is 30.9 Å². The molecule has 0 bridgehead atoms. The maximum Gasteiger partial charge on any atom is 0.145 e. The van der Waals surface area contributed by atoms with Crippen LogP contribution in [0.4, 0.5) is 11.6 Å². The van der Waals surface area contributed by atoms with Gasteiger partial charge < -0.3 is 10.7 Å². The lowest BCUT2D eigenvalue weighted by Gasteiger charge is -2.11. The van der Waals surface area contributed by atoms with Gasteiger partial charge in [0.25, 0.3) is 0 Å². The van der Waals surface area contributed by atoms with Crippen molar-refractivity contribution in [2.24, 2.45) is 5.84 Å². The first-order chi connectivity index (χ1) is 10.3. The van der Waals surface area contributed by atoms with Crippen molar-refractivity contribution < 1.29 is 0 Å². The number of nitrogens with one attached hydrogen (secondary N) is 2. The number of nitrogens with two attached hydrogens (primary N) is 1. The summed E-state index contributed by atoms with van der Waals surface area (Å²) < 4.78 is 0. The van der Waals surface area contributed by atoms with Crippen LogP contribution in [0.5, 0.6) is 0 Å². The Labute approximate surface area is 124 Å². The summed E-state index contributed by atoms with van der Waals surface area (Å²) in [4.78, 5) is 13.4. The molecule has 0 unspecified atom stereocenters. The normalized spacial score (nSPS) is 14.0. The number of anilines is 2. The lowest BCUT2D eigenvalue weighted by atomic mass is 10.1. The van der Waals surface area contributed by atoms with Gasteiger partial charge in [-0.15, -0.1) is 0 Å². The minimum Gasteiger partial charge on any atom is -0.364 e. The summed E-state index contributed by atoms with van der Waals surface area (Å²) in [5.41, 5.74) is 4.90. The fourth-order valence-corrected chi connectivity index (χ4v) is 2.28. The molecule has 2 aromatic heterocycles. The predicted molar refractivity (Wildman–Crippen MR) is 82.8 cm³/mol. The molecule has 1 saturated carbocycles. The number of hydrazine groups is 1. The highest BCUT2D eigenvalue weighted by atomic mass is 15.3. The van der Waals surface area contributed by atoms with Crippen LogP contribution >= 0.6 is 0 Å². The van der Waals surface area contributed by atoms with E-state index < -0.39 is 0 Å². The van der Waals surface area contributed by atoms with E-state index in [0.29, 0.717) is 18.3 Å². The van der Waals surface area contributed by atoms with Crippen molar-refractivity contribution in [1.82, 2.24) is 15.0 Å². The quantitative estimate of drug-likeness (QED) is 0.557. The molecule has 0 amide bonds. The topological polar surface area (TPSA) is 88.8 Å². The Bertz CT molecular complexity index is 623. The van der Waals surface area contributed by atoms with E-state index in [1.54, 1.807) is 0 Å². The Morgan fingerprint density at radius 2 is 2.10 bits per heavy atom.